The molecule has 0 radical (unpaired) electrons. The molecule has 0 bridgehead atoms. The Kier molecular flexibility index (Phi) is 5.30. The van der Waals surface area contributed by atoms with E-state index in [1.54, 1.807) is 6.07 Å². The Bertz CT molecular complexity index is 692. The number of aromatic amines is 1. The molecule has 0 spiro atoms. The first kappa shape index (κ1) is 17.3. The zero-order chi connectivity index (χ0) is 17.0. The van der Waals surface area contributed by atoms with E-state index in [1.807, 2.05) is 26.0 Å². The van der Waals surface area contributed by atoms with Crippen LogP contribution in [0.2, 0.25) is 0 Å². The number of alkyl halides is 3. The third-order valence-electron chi connectivity index (χ3n) is 3.59. The highest BCUT2D eigenvalue weighted by Gasteiger charge is 2.27. The van der Waals surface area contributed by atoms with Gasteiger partial charge < -0.3 is 15.0 Å². The van der Waals surface area contributed by atoms with Gasteiger partial charge in [-0.05, 0) is 44.0 Å². The smallest absolute Gasteiger partial charge is 0.372 e. The van der Waals surface area contributed by atoms with Gasteiger partial charge in [0.05, 0.1) is 0 Å². The standard InChI is InChI=1S/C16H19F3N2O2/c1-10-11(2)21-14-5-4-12(8-13(10)14)15(22)20-6-3-7-23-9-16(17,18)19/h4-5,8,21H,3,6-7,9H2,1-2H3,(H,20,22). The number of hydrogen-bond acceptors (Lipinski definition) is 2. The number of aryl methyl sites for hydroxylation is 2. The summed E-state index contributed by atoms with van der Waals surface area (Å²) in [5.41, 5.74) is 3.64. The molecule has 23 heavy (non-hydrogen) atoms. The Morgan fingerprint density at radius 3 is 2.74 bits per heavy atom. The Morgan fingerprint density at radius 2 is 2.04 bits per heavy atom. The Hall–Kier alpha value is -2.02. The van der Waals surface area contributed by atoms with Gasteiger partial charge in [0.1, 0.15) is 6.61 Å². The average molecular weight is 328 g/mol. The fourth-order valence-corrected chi connectivity index (χ4v) is 2.27. The van der Waals surface area contributed by atoms with Crippen LogP contribution in [0.1, 0.15) is 28.0 Å². The van der Waals surface area contributed by atoms with Gasteiger partial charge in [-0.3, -0.25) is 4.79 Å². The molecule has 0 saturated carbocycles. The van der Waals surface area contributed by atoms with E-state index in [4.69, 9.17) is 0 Å². The minimum Gasteiger partial charge on any atom is -0.372 e. The number of aromatic nitrogens is 1. The fraction of sp³-hybridized carbons (Fsp3) is 0.438. The molecule has 7 heteroatoms. The summed E-state index contributed by atoms with van der Waals surface area (Å²) in [5.74, 6) is -0.249. The van der Waals surface area contributed by atoms with Crippen molar-refractivity contribution in [3.8, 4) is 0 Å². The Morgan fingerprint density at radius 1 is 1.30 bits per heavy atom. The molecule has 1 heterocycles. The number of fused-ring (bicyclic) bond motifs is 1. The van der Waals surface area contributed by atoms with Gasteiger partial charge in [0.15, 0.2) is 0 Å². The Balaban J connectivity index is 1.83. The molecule has 1 amide bonds. The number of nitrogens with one attached hydrogen (secondary N) is 2. The minimum atomic E-state index is -4.31. The van der Waals surface area contributed by atoms with Crippen LogP contribution in [0.15, 0.2) is 18.2 Å². The van der Waals surface area contributed by atoms with Crippen LogP contribution < -0.4 is 5.32 Å². The number of carbonyl (C=O) groups excluding carboxylic acids is 1. The lowest BCUT2D eigenvalue weighted by atomic mass is 10.1. The number of hydrogen-bond donors (Lipinski definition) is 2. The van der Waals surface area contributed by atoms with E-state index in [0.717, 1.165) is 22.2 Å². The number of H-pyrrole nitrogens is 1. The molecule has 0 unspecified atom stereocenters. The maximum absolute atomic E-state index is 12.1. The van der Waals surface area contributed by atoms with Crippen molar-refractivity contribution in [2.75, 3.05) is 19.8 Å². The number of benzene rings is 1. The second-order valence-corrected chi connectivity index (χ2v) is 5.41. The highest BCUT2D eigenvalue weighted by molar-refractivity contribution is 5.99. The first-order valence-corrected chi connectivity index (χ1v) is 7.29. The summed E-state index contributed by atoms with van der Waals surface area (Å²) in [7, 11) is 0. The van der Waals surface area contributed by atoms with Gasteiger partial charge in [0, 0.05) is 35.3 Å². The second kappa shape index (κ2) is 7.04. The average Bonchev–Trinajstić information content (AvgIpc) is 2.76. The summed E-state index contributed by atoms with van der Waals surface area (Å²) in [6.45, 7) is 2.91. The third-order valence-corrected chi connectivity index (χ3v) is 3.59. The lowest BCUT2D eigenvalue weighted by Gasteiger charge is -2.08. The van der Waals surface area contributed by atoms with Crippen LogP contribution >= 0.6 is 0 Å². The summed E-state index contributed by atoms with van der Waals surface area (Å²) in [5, 5.41) is 3.67. The van der Waals surface area contributed by atoms with Crippen molar-refractivity contribution in [2.45, 2.75) is 26.4 Å². The van der Waals surface area contributed by atoms with E-state index in [2.05, 4.69) is 15.0 Å². The number of halogens is 3. The molecule has 2 N–H and O–H groups in total. The summed E-state index contributed by atoms with van der Waals surface area (Å²) >= 11 is 0. The van der Waals surface area contributed by atoms with E-state index in [0.29, 0.717) is 12.0 Å². The van der Waals surface area contributed by atoms with Crippen molar-refractivity contribution >= 4 is 16.8 Å². The largest absolute Gasteiger partial charge is 0.411 e. The summed E-state index contributed by atoms with van der Waals surface area (Å²) in [6.07, 6.45) is -3.99. The molecule has 0 fully saturated rings. The zero-order valence-electron chi connectivity index (χ0n) is 13.0. The number of ether oxygens (including phenoxy) is 1. The van der Waals surface area contributed by atoms with Crippen LogP contribution in [0.4, 0.5) is 13.2 Å². The molecule has 126 valence electrons. The number of amides is 1. The van der Waals surface area contributed by atoms with E-state index < -0.39 is 12.8 Å². The van der Waals surface area contributed by atoms with Crippen molar-refractivity contribution in [3.63, 3.8) is 0 Å². The van der Waals surface area contributed by atoms with Crippen LogP contribution in [0.25, 0.3) is 10.9 Å². The van der Waals surface area contributed by atoms with E-state index >= 15 is 0 Å². The molecule has 0 aliphatic carbocycles. The fourth-order valence-electron chi connectivity index (χ4n) is 2.27. The maximum Gasteiger partial charge on any atom is 0.411 e. The second-order valence-electron chi connectivity index (χ2n) is 5.41. The van der Waals surface area contributed by atoms with E-state index in [-0.39, 0.29) is 19.1 Å². The molecule has 1 aromatic heterocycles. The lowest BCUT2D eigenvalue weighted by molar-refractivity contribution is -0.173. The topological polar surface area (TPSA) is 54.1 Å². The van der Waals surface area contributed by atoms with Crippen LogP contribution in [0.5, 0.6) is 0 Å². The SMILES string of the molecule is Cc1[nH]c2ccc(C(=O)NCCCOCC(F)(F)F)cc2c1C. The third kappa shape index (κ3) is 4.72. The van der Waals surface area contributed by atoms with Gasteiger partial charge in [-0.15, -0.1) is 0 Å². The van der Waals surface area contributed by atoms with Crippen LogP contribution in [-0.4, -0.2) is 36.8 Å². The van der Waals surface area contributed by atoms with E-state index in [9.17, 15) is 18.0 Å². The van der Waals surface area contributed by atoms with Gasteiger partial charge in [0.2, 0.25) is 0 Å². The van der Waals surface area contributed by atoms with Crippen LogP contribution in [0, 0.1) is 13.8 Å². The maximum atomic E-state index is 12.1. The molecule has 4 nitrogen and oxygen atoms in total. The van der Waals surface area contributed by atoms with Crippen molar-refractivity contribution < 1.29 is 22.7 Å². The van der Waals surface area contributed by atoms with Gasteiger partial charge in [-0.2, -0.15) is 13.2 Å². The first-order valence-electron chi connectivity index (χ1n) is 7.29. The molecule has 0 saturated heterocycles. The zero-order valence-corrected chi connectivity index (χ0v) is 13.0. The molecular weight excluding hydrogens is 309 g/mol. The molecule has 0 atom stereocenters. The highest BCUT2D eigenvalue weighted by Crippen LogP contribution is 2.22. The van der Waals surface area contributed by atoms with Gasteiger partial charge >= 0.3 is 6.18 Å². The predicted octanol–water partition coefficient (Wildman–Crippen LogP) is 3.48. The first-order chi connectivity index (χ1) is 10.8. The van der Waals surface area contributed by atoms with Crippen LogP contribution in [0.3, 0.4) is 0 Å². The van der Waals surface area contributed by atoms with Gasteiger partial charge in [-0.25, -0.2) is 0 Å². The molecule has 0 aliphatic rings. The lowest BCUT2D eigenvalue weighted by Crippen LogP contribution is -2.26. The van der Waals surface area contributed by atoms with Crippen molar-refractivity contribution in [2.24, 2.45) is 0 Å². The minimum absolute atomic E-state index is 0.0467. The molecule has 2 aromatic rings. The Labute approximate surface area is 132 Å². The van der Waals surface area contributed by atoms with Crippen molar-refractivity contribution in [3.05, 3.63) is 35.0 Å². The number of rotatable bonds is 6. The summed E-state index contributed by atoms with van der Waals surface area (Å²) < 4.78 is 40.1. The monoisotopic (exact) mass is 328 g/mol. The molecule has 2 rings (SSSR count). The molecule has 1 aromatic carbocycles. The van der Waals surface area contributed by atoms with Gasteiger partial charge in [0.25, 0.3) is 5.91 Å². The number of carbonyl (C=O) groups is 1. The normalized spacial score (nSPS) is 11.9. The summed E-state index contributed by atoms with van der Waals surface area (Å²) in [6, 6.07) is 5.37. The van der Waals surface area contributed by atoms with Gasteiger partial charge in [-0.1, -0.05) is 0 Å². The van der Waals surface area contributed by atoms with Crippen molar-refractivity contribution in [1.82, 2.24) is 10.3 Å². The van der Waals surface area contributed by atoms with Crippen LogP contribution in [-0.2, 0) is 4.74 Å². The van der Waals surface area contributed by atoms with E-state index in [1.165, 1.54) is 0 Å². The van der Waals surface area contributed by atoms with Crippen molar-refractivity contribution in [1.29, 1.82) is 0 Å². The quantitative estimate of drug-likeness (QED) is 0.798. The summed E-state index contributed by atoms with van der Waals surface area (Å²) in [4.78, 5) is 15.3. The highest BCUT2D eigenvalue weighted by atomic mass is 19.4. The molecular formula is C16H19F3N2O2. The predicted molar refractivity (Wildman–Crippen MR) is 81.6 cm³/mol. The molecule has 0 aliphatic heterocycles.